The Balaban J connectivity index is 2.15. The molecule has 1 aromatic heterocycles. The van der Waals surface area contributed by atoms with E-state index in [0.717, 1.165) is 5.69 Å². The summed E-state index contributed by atoms with van der Waals surface area (Å²) in [5.41, 5.74) is 1.26. The summed E-state index contributed by atoms with van der Waals surface area (Å²) in [7, 11) is 0. The number of benzene rings is 1. The van der Waals surface area contributed by atoms with Crippen molar-refractivity contribution >= 4 is 5.69 Å². The fourth-order valence-corrected chi connectivity index (χ4v) is 1.97. The van der Waals surface area contributed by atoms with Gasteiger partial charge in [-0.3, -0.25) is 9.36 Å². The molecule has 0 bridgehead atoms. The molecule has 0 spiro atoms. The Bertz CT molecular complexity index is 700. The van der Waals surface area contributed by atoms with E-state index in [2.05, 4.69) is 5.32 Å². The Morgan fingerprint density at radius 1 is 1.35 bits per heavy atom. The van der Waals surface area contributed by atoms with Gasteiger partial charge < -0.3 is 10.4 Å². The van der Waals surface area contributed by atoms with Crippen molar-refractivity contribution < 1.29 is 5.11 Å². The van der Waals surface area contributed by atoms with Crippen LogP contribution in [0.2, 0.25) is 0 Å². The molecule has 0 radical (unpaired) electrons. The Morgan fingerprint density at radius 2 is 2.05 bits per heavy atom. The van der Waals surface area contributed by atoms with E-state index in [-0.39, 0.29) is 23.5 Å². The minimum absolute atomic E-state index is 0.143. The van der Waals surface area contributed by atoms with Crippen molar-refractivity contribution in [3.63, 3.8) is 0 Å². The summed E-state index contributed by atoms with van der Waals surface area (Å²) in [4.78, 5) is 11.8. The van der Waals surface area contributed by atoms with E-state index in [1.54, 1.807) is 6.92 Å². The molecular formula is C15H15N3O2. The van der Waals surface area contributed by atoms with Gasteiger partial charge in [0, 0.05) is 24.8 Å². The van der Waals surface area contributed by atoms with Gasteiger partial charge in [-0.25, -0.2) is 0 Å². The molecule has 0 unspecified atom stereocenters. The highest BCUT2D eigenvalue weighted by Crippen LogP contribution is 2.17. The number of anilines is 1. The third kappa shape index (κ3) is 2.81. The highest BCUT2D eigenvalue weighted by Gasteiger charge is 2.11. The van der Waals surface area contributed by atoms with E-state index < -0.39 is 0 Å². The fourth-order valence-electron chi connectivity index (χ4n) is 1.97. The zero-order valence-electron chi connectivity index (χ0n) is 11.1. The lowest BCUT2D eigenvalue weighted by Crippen LogP contribution is -2.24. The standard InChI is InChI=1S/C15H15N3O2/c1-11-9-14(19)18(15(20)13(11)10-16)8-7-17-12-5-3-2-4-6-12/h2-6,9,17,20H,7-8H2,1H3. The van der Waals surface area contributed by atoms with Crippen molar-refractivity contribution in [1.29, 1.82) is 5.26 Å². The van der Waals surface area contributed by atoms with Crippen LogP contribution < -0.4 is 10.9 Å². The van der Waals surface area contributed by atoms with Crippen molar-refractivity contribution in [2.45, 2.75) is 13.5 Å². The first-order chi connectivity index (χ1) is 9.63. The second-order valence-electron chi connectivity index (χ2n) is 4.42. The van der Waals surface area contributed by atoms with E-state index >= 15 is 0 Å². The fraction of sp³-hybridized carbons (Fsp3) is 0.200. The smallest absolute Gasteiger partial charge is 0.253 e. The number of para-hydroxylation sites is 1. The number of aromatic nitrogens is 1. The maximum Gasteiger partial charge on any atom is 0.253 e. The molecule has 0 amide bonds. The summed E-state index contributed by atoms with van der Waals surface area (Å²) in [5, 5.41) is 22.1. The molecular weight excluding hydrogens is 254 g/mol. The van der Waals surface area contributed by atoms with Crippen LogP contribution in [-0.4, -0.2) is 16.2 Å². The molecule has 102 valence electrons. The predicted molar refractivity (Wildman–Crippen MR) is 76.8 cm³/mol. The lowest BCUT2D eigenvalue weighted by molar-refractivity contribution is 0.407. The quantitative estimate of drug-likeness (QED) is 0.887. The number of nitrogens with zero attached hydrogens (tertiary/aromatic N) is 2. The second-order valence-corrected chi connectivity index (χ2v) is 4.42. The van der Waals surface area contributed by atoms with Gasteiger partial charge >= 0.3 is 0 Å². The molecule has 1 aromatic carbocycles. The number of rotatable bonds is 4. The number of hydrogen-bond acceptors (Lipinski definition) is 4. The zero-order valence-corrected chi connectivity index (χ0v) is 11.1. The van der Waals surface area contributed by atoms with Crippen LogP contribution in [0.4, 0.5) is 5.69 Å². The molecule has 2 rings (SSSR count). The average Bonchev–Trinajstić information content (AvgIpc) is 2.44. The molecule has 0 aliphatic heterocycles. The molecule has 1 heterocycles. The van der Waals surface area contributed by atoms with Gasteiger partial charge in [0.05, 0.1) is 0 Å². The largest absolute Gasteiger partial charge is 0.493 e. The summed E-state index contributed by atoms with van der Waals surface area (Å²) in [6.07, 6.45) is 0. The molecule has 0 saturated carbocycles. The molecule has 5 heteroatoms. The molecule has 0 aliphatic carbocycles. The van der Waals surface area contributed by atoms with Crippen molar-refractivity contribution in [3.8, 4) is 11.9 Å². The van der Waals surface area contributed by atoms with Gasteiger partial charge in [-0.1, -0.05) is 18.2 Å². The van der Waals surface area contributed by atoms with Gasteiger partial charge in [-0.05, 0) is 24.6 Å². The van der Waals surface area contributed by atoms with Crippen LogP contribution in [0.5, 0.6) is 5.88 Å². The first-order valence-electron chi connectivity index (χ1n) is 6.26. The number of aromatic hydroxyl groups is 1. The molecule has 2 N–H and O–H groups in total. The van der Waals surface area contributed by atoms with E-state index in [4.69, 9.17) is 5.26 Å². The second kappa shape index (κ2) is 5.93. The summed E-state index contributed by atoms with van der Waals surface area (Å²) >= 11 is 0. The normalized spacial score (nSPS) is 10.0. The molecule has 0 aliphatic rings. The maximum atomic E-state index is 11.8. The van der Waals surface area contributed by atoms with E-state index in [9.17, 15) is 9.90 Å². The number of nitriles is 1. The van der Waals surface area contributed by atoms with Crippen LogP contribution in [-0.2, 0) is 6.54 Å². The molecule has 2 aromatic rings. The Morgan fingerprint density at radius 3 is 2.70 bits per heavy atom. The van der Waals surface area contributed by atoms with Crippen molar-refractivity contribution in [2.75, 3.05) is 11.9 Å². The van der Waals surface area contributed by atoms with Gasteiger partial charge in [0.15, 0.2) is 0 Å². The van der Waals surface area contributed by atoms with Gasteiger partial charge in [-0.15, -0.1) is 0 Å². The minimum Gasteiger partial charge on any atom is -0.493 e. The lowest BCUT2D eigenvalue weighted by atomic mass is 10.1. The Labute approximate surface area is 116 Å². The van der Waals surface area contributed by atoms with Crippen LogP contribution in [0.15, 0.2) is 41.2 Å². The van der Waals surface area contributed by atoms with Crippen LogP contribution >= 0.6 is 0 Å². The number of pyridine rings is 1. The first-order valence-corrected chi connectivity index (χ1v) is 6.26. The lowest BCUT2D eigenvalue weighted by Gasteiger charge is -2.12. The van der Waals surface area contributed by atoms with Crippen LogP contribution in [0, 0.1) is 18.3 Å². The molecule has 5 nitrogen and oxygen atoms in total. The number of aryl methyl sites for hydroxylation is 1. The van der Waals surface area contributed by atoms with Crippen LogP contribution in [0.3, 0.4) is 0 Å². The van der Waals surface area contributed by atoms with Gasteiger partial charge in [0.2, 0.25) is 5.88 Å². The molecule has 20 heavy (non-hydrogen) atoms. The van der Waals surface area contributed by atoms with E-state index in [1.807, 2.05) is 36.4 Å². The summed E-state index contributed by atoms with van der Waals surface area (Å²) in [6.45, 7) is 2.40. The van der Waals surface area contributed by atoms with Gasteiger partial charge in [0.1, 0.15) is 11.6 Å². The summed E-state index contributed by atoms with van der Waals surface area (Å²) in [5.74, 6) is -0.271. The predicted octanol–water partition coefficient (Wildman–Crippen LogP) is 1.85. The first kappa shape index (κ1) is 13.7. The minimum atomic E-state index is -0.311. The Kier molecular flexibility index (Phi) is 4.06. The van der Waals surface area contributed by atoms with Gasteiger partial charge in [0.25, 0.3) is 5.56 Å². The molecule has 0 atom stereocenters. The summed E-state index contributed by atoms with van der Waals surface area (Å²) in [6, 6.07) is 12.8. The average molecular weight is 269 g/mol. The highest BCUT2D eigenvalue weighted by molar-refractivity contribution is 5.44. The van der Waals surface area contributed by atoms with E-state index in [0.29, 0.717) is 12.1 Å². The zero-order chi connectivity index (χ0) is 14.5. The third-order valence-electron chi connectivity index (χ3n) is 3.03. The molecule has 0 fully saturated rings. The van der Waals surface area contributed by atoms with E-state index in [1.165, 1.54) is 10.6 Å². The van der Waals surface area contributed by atoms with Crippen LogP contribution in [0.25, 0.3) is 0 Å². The molecule has 0 saturated heterocycles. The van der Waals surface area contributed by atoms with Crippen molar-refractivity contribution in [2.24, 2.45) is 0 Å². The van der Waals surface area contributed by atoms with Crippen LogP contribution in [0.1, 0.15) is 11.1 Å². The topological polar surface area (TPSA) is 78.1 Å². The monoisotopic (exact) mass is 269 g/mol. The highest BCUT2D eigenvalue weighted by atomic mass is 16.3. The number of nitrogens with one attached hydrogen (secondary N) is 1. The third-order valence-corrected chi connectivity index (χ3v) is 3.03. The Hall–Kier alpha value is -2.74. The summed E-state index contributed by atoms with van der Waals surface area (Å²) < 4.78 is 1.20. The maximum absolute atomic E-state index is 11.8. The SMILES string of the molecule is Cc1cc(=O)n(CCNc2ccccc2)c(O)c1C#N. The van der Waals surface area contributed by atoms with Crippen molar-refractivity contribution in [1.82, 2.24) is 4.57 Å². The van der Waals surface area contributed by atoms with Gasteiger partial charge in [-0.2, -0.15) is 5.26 Å². The number of hydrogen-bond donors (Lipinski definition) is 2. The van der Waals surface area contributed by atoms with Crippen molar-refractivity contribution in [3.05, 3.63) is 57.9 Å².